The fourth-order valence-corrected chi connectivity index (χ4v) is 12.1. The number of carbonyl (C=O) groups is 4. The van der Waals surface area contributed by atoms with Crippen LogP contribution < -0.4 is 15.8 Å². The van der Waals surface area contributed by atoms with Gasteiger partial charge in [-0.25, -0.2) is 0 Å². The summed E-state index contributed by atoms with van der Waals surface area (Å²) >= 11 is 0. The third kappa shape index (κ3) is 12.5. The molecule has 0 radical (unpaired) electrons. The van der Waals surface area contributed by atoms with E-state index >= 15 is 0 Å². The smallest absolute Gasteiger partial charge is 0.306 e. The molecule has 0 saturated heterocycles. The molecular weight excluding hydrogens is 781 g/mol. The van der Waals surface area contributed by atoms with Crippen LogP contribution in [-0.4, -0.2) is 97.3 Å². The summed E-state index contributed by atoms with van der Waals surface area (Å²) in [5.41, 5.74) is 4.83. The minimum atomic E-state index is -0.814. The Hall–Kier alpha value is -3.26. The van der Waals surface area contributed by atoms with Crippen LogP contribution in [0.1, 0.15) is 153 Å². The number of unbranched alkanes of at least 4 members (excludes halogenated alkanes) is 3. The van der Waals surface area contributed by atoms with Crippen LogP contribution in [0.5, 0.6) is 11.5 Å². The number of ketones is 1. The number of rotatable bonds is 21. The van der Waals surface area contributed by atoms with Crippen molar-refractivity contribution in [2.75, 3.05) is 40.6 Å². The summed E-state index contributed by atoms with van der Waals surface area (Å²) in [5.74, 6) is 0.347. The largest absolute Gasteiger partial charge is 0.507 e. The number of hydrogen-bond donors (Lipinski definition) is 5. The normalized spacial score (nSPS) is 30.0. The van der Waals surface area contributed by atoms with Crippen molar-refractivity contribution in [3.05, 3.63) is 23.3 Å². The predicted octanol–water partition coefficient (Wildman–Crippen LogP) is 6.83. The van der Waals surface area contributed by atoms with Gasteiger partial charge in [-0.15, -0.1) is 0 Å². The summed E-state index contributed by atoms with van der Waals surface area (Å²) in [6, 6.07) is 2.99. The maximum Gasteiger partial charge on any atom is 0.306 e. The van der Waals surface area contributed by atoms with Crippen molar-refractivity contribution in [3.63, 3.8) is 0 Å². The van der Waals surface area contributed by atoms with E-state index in [2.05, 4.69) is 33.0 Å². The molecule has 6 N–H and O–H groups in total. The van der Waals surface area contributed by atoms with Gasteiger partial charge in [-0.1, -0.05) is 59.4 Å². The Morgan fingerprint density at radius 3 is 2.30 bits per heavy atom. The second-order valence-electron chi connectivity index (χ2n) is 19.1. The Labute approximate surface area is 364 Å². The molecule has 4 fully saturated rings. The Morgan fingerprint density at radius 2 is 1.62 bits per heavy atom. The highest BCUT2D eigenvalue weighted by Crippen LogP contribution is 2.69. The molecule has 0 aliphatic heterocycles. The zero-order chi connectivity index (χ0) is 45.0. The van der Waals surface area contributed by atoms with E-state index in [9.17, 15) is 34.5 Å². The van der Waals surface area contributed by atoms with Gasteiger partial charge in [-0.2, -0.15) is 0 Å². The molecule has 1 aromatic rings. The van der Waals surface area contributed by atoms with Crippen LogP contribution in [0.3, 0.4) is 0 Å². The standard InChI is InChI=1S/C36H63NO6.C12H15NO5/c1-6-8-9-10-17-36(5,41)31-12-11-27-26-24-30(43-33(40)14-13-32(39)37-20-22-42-21-7-2)29-23-25(38)15-18-34(29,3)28(26)16-19-35(27,31)4;1-17-6-8(14)5-7-3-4-9(18-2)10(11(7)15)12(13)16/h25-31,38,41H,6-24H2,1-5H3,(H,37,39);3-4,15H,5-6H2,1-2H3,(H2,13,16)/t25-,26-,27-,28-,29+,30-,31-,34+,35-,36-;/m0./s1. The number of benzene rings is 1. The number of primary amides is 1. The van der Waals surface area contributed by atoms with Gasteiger partial charge in [0.05, 0.1) is 31.8 Å². The maximum atomic E-state index is 13.2. The van der Waals surface area contributed by atoms with Crippen LogP contribution in [0.15, 0.2) is 12.1 Å². The average Bonchev–Trinajstić information content (AvgIpc) is 3.58. The van der Waals surface area contributed by atoms with Crippen LogP contribution in [0.25, 0.3) is 0 Å². The van der Waals surface area contributed by atoms with Crippen LogP contribution in [0, 0.1) is 40.4 Å². The first kappa shape index (κ1) is 50.4. The van der Waals surface area contributed by atoms with Crippen LogP contribution >= 0.6 is 0 Å². The van der Waals surface area contributed by atoms with Crippen molar-refractivity contribution < 1.29 is 53.4 Å². The molecule has 0 heterocycles. The summed E-state index contributed by atoms with van der Waals surface area (Å²) in [6.07, 6.45) is 14.0. The minimum Gasteiger partial charge on any atom is -0.507 e. The molecule has 1 aromatic carbocycles. The second kappa shape index (κ2) is 22.9. The van der Waals surface area contributed by atoms with Crippen molar-refractivity contribution in [2.24, 2.45) is 46.2 Å². The summed E-state index contributed by atoms with van der Waals surface area (Å²) in [6.45, 7) is 12.8. The first-order valence-electron chi connectivity index (χ1n) is 23.1. The summed E-state index contributed by atoms with van der Waals surface area (Å²) in [7, 11) is 2.76. The highest BCUT2D eigenvalue weighted by atomic mass is 16.5. The molecule has 0 unspecified atom stereocenters. The molecule has 2 amide bonds. The topological polar surface area (TPSA) is 204 Å². The number of aliphatic hydroxyl groups excluding tert-OH is 1. The van der Waals surface area contributed by atoms with Gasteiger partial charge in [-0.05, 0) is 112 Å². The fourth-order valence-electron chi connectivity index (χ4n) is 12.1. The first-order valence-corrected chi connectivity index (χ1v) is 23.1. The van der Waals surface area contributed by atoms with Crippen molar-refractivity contribution in [1.82, 2.24) is 5.32 Å². The van der Waals surface area contributed by atoms with Crippen LogP contribution in [-0.2, 0) is 35.0 Å². The van der Waals surface area contributed by atoms with Crippen molar-refractivity contribution in [2.45, 2.75) is 162 Å². The van der Waals surface area contributed by atoms with E-state index in [1.54, 1.807) is 0 Å². The number of hydrogen-bond acceptors (Lipinski definition) is 11. The van der Waals surface area contributed by atoms with Gasteiger partial charge in [0.2, 0.25) is 5.91 Å². The molecule has 10 atom stereocenters. The lowest BCUT2D eigenvalue weighted by molar-refractivity contribution is -0.197. The highest BCUT2D eigenvalue weighted by molar-refractivity contribution is 5.99. The number of nitrogens with two attached hydrogens (primary N) is 1. The summed E-state index contributed by atoms with van der Waals surface area (Å²) in [4.78, 5) is 48.1. The number of methoxy groups -OCH3 is 2. The number of carbonyl (C=O) groups excluding carboxylic acids is 4. The molecule has 4 aliphatic carbocycles. The van der Waals surface area contributed by atoms with Crippen molar-refractivity contribution >= 4 is 23.6 Å². The Balaban J connectivity index is 0.000000381. The molecular formula is C48H78N2O11. The third-order valence-electron chi connectivity index (χ3n) is 15.1. The molecule has 0 aromatic heterocycles. The number of phenols is 1. The molecule has 346 valence electrons. The monoisotopic (exact) mass is 859 g/mol. The lowest BCUT2D eigenvalue weighted by Crippen LogP contribution is -2.59. The Morgan fingerprint density at radius 1 is 0.902 bits per heavy atom. The zero-order valence-electron chi connectivity index (χ0n) is 38.2. The first-order chi connectivity index (χ1) is 29.0. The number of ether oxygens (including phenoxy) is 4. The lowest BCUT2D eigenvalue weighted by atomic mass is 9.43. The van der Waals surface area contributed by atoms with Crippen LogP contribution in [0.2, 0.25) is 0 Å². The Bertz CT molecular complexity index is 1620. The predicted molar refractivity (Wildman–Crippen MR) is 233 cm³/mol. The number of nitrogens with one attached hydrogen (secondary N) is 1. The molecule has 4 saturated carbocycles. The number of esters is 1. The van der Waals surface area contributed by atoms with Gasteiger partial charge >= 0.3 is 5.97 Å². The van der Waals surface area contributed by atoms with Gasteiger partial charge in [0.15, 0.2) is 5.78 Å². The SMILES string of the molecule is CCCCCC[C@](C)(O)[C@H]1CC[C@H]2[C@@H]3C[C@H](OC(=O)CCC(=O)NCCOCCC)[C@H]4C[C@@H](O)CC[C@]4(C)[C@H]3CC[C@@]21C.COCC(=O)Cc1ccc(OC)c(C(N)=O)c1O. The van der Waals surface area contributed by atoms with E-state index in [1.807, 2.05) is 6.92 Å². The quantitative estimate of drug-likeness (QED) is 0.0641. The number of aromatic hydroxyl groups is 1. The van der Waals surface area contributed by atoms with E-state index in [0.717, 1.165) is 64.2 Å². The van der Waals surface area contributed by atoms with E-state index in [0.29, 0.717) is 55.4 Å². The molecule has 13 heteroatoms. The summed E-state index contributed by atoms with van der Waals surface area (Å²) < 4.78 is 21.3. The number of aliphatic hydroxyl groups is 2. The molecule has 0 spiro atoms. The van der Waals surface area contributed by atoms with E-state index in [4.69, 9.17) is 24.7 Å². The fraction of sp³-hybridized carbons (Fsp3) is 0.792. The number of Topliss-reactive ketones (excluding diaryl/α,β-unsaturated/α-hetero) is 1. The van der Waals surface area contributed by atoms with Gasteiger partial charge in [0.1, 0.15) is 29.8 Å². The van der Waals surface area contributed by atoms with E-state index in [-0.39, 0.29) is 89.5 Å². The Kier molecular flexibility index (Phi) is 18.9. The third-order valence-corrected chi connectivity index (χ3v) is 15.1. The molecule has 4 aliphatic rings. The van der Waals surface area contributed by atoms with Gasteiger partial charge in [-0.3, -0.25) is 19.2 Å². The van der Waals surface area contributed by atoms with E-state index < -0.39 is 11.5 Å². The van der Waals surface area contributed by atoms with Gasteiger partial charge in [0.25, 0.3) is 5.91 Å². The maximum absolute atomic E-state index is 13.2. The lowest BCUT2D eigenvalue weighted by Gasteiger charge is -2.63. The average molecular weight is 859 g/mol. The zero-order valence-corrected chi connectivity index (χ0v) is 38.2. The van der Waals surface area contributed by atoms with E-state index in [1.165, 1.54) is 45.6 Å². The molecule has 13 nitrogen and oxygen atoms in total. The molecule has 61 heavy (non-hydrogen) atoms. The van der Waals surface area contributed by atoms with Crippen LogP contribution in [0.4, 0.5) is 0 Å². The van der Waals surface area contributed by atoms with Gasteiger partial charge in [0, 0.05) is 44.6 Å². The summed E-state index contributed by atoms with van der Waals surface area (Å²) in [5, 5.41) is 35.3. The van der Waals surface area contributed by atoms with Gasteiger partial charge < -0.3 is 45.3 Å². The highest BCUT2D eigenvalue weighted by Gasteiger charge is 2.64. The number of amides is 2. The second-order valence-corrected chi connectivity index (χ2v) is 19.1. The minimum absolute atomic E-state index is 0.0328. The number of fused-ring (bicyclic) bond motifs is 5. The molecule has 0 bridgehead atoms. The van der Waals surface area contributed by atoms with Crippen molar-refractivity contribution in [3.8, 4) is 11.5 Å². The molecule has 5 rings (SSSR count). The van der Waals surface area contributed by atoms with Crippen molar-refractivity contribution in [1.29, 1.82) is 0 Å².